The van der Waals surface area contributed by atoms with Crippen molar-refractivity contribution in [1.82, 2.24) is 4.98 Å². The highest BCUT2D eigenvalue weighted by molar-refractivity contribution is 7.34. The lowest BCUT2D eigenvalue weighted by Gasteiger charge is -1.71. The number of H-pyrrole nitrogens is 1. The Labute approximate surface area is 43.3 Å². The zero-order valence-electron chi connectivity index (χ0n) is 3.68. The second-order valence-corrected chi connectivity index (χ2v) is 1.87. The van der Waals surface area contributed by atoms with Gasteiger partial charge in [-0.1, -0.05) is 0 Å². The van der Waals surface area contributed by atoms with Gasteiger partial charge in [0.15, 0.2) is 0 Å². The van der Waals surface area contributed by atoms with Crippen LogP contribution in [0.5, 0.6) is 0 Å². The van der Waals surface area contributed by atoms with Crippen LogP contribution in [0.3, 0.4) is 0 Å². The number of hydrogen-bond donors (Lipinski definition) is 2. The summed E-state index contributed by atoms with van der Waals surface area (Å²) in [6.45, 7) is 0. The molecule has 1 heterocycles. The fraction of sp³-hybridized carbons (Fsp3) is 0. The Morgan fingerprint density at radius 1 is 1.71 bits per heavy atom. The molecule has 0 saturated carbocycles. The maximum Gasteiger partial charge on any atom is 0.0843 e. The molecule has 2 N–H and O–H groups in total. The van der Waals surface area contributed by atoms with Crippen LogP contribution in [0.4, 0.5) is 0 Å². The molecular formula is C4H5N2P. The molecule has 0 spiro atoms. The summed E-state index contributed by atoms with van der Waals surface area (Å²) in [6.07, 6.45) is 1.82. The van der Waals surface area contributed by atoms with E-state index in [9.17, 15) is 0 Å². The second kappa shape index (κ2) is 1.90. The molecule has 7 heavy (non-hydrogen) atoms. The molecule has 0 aliphatic carbocycles. The smallest absolute Gasteiger partial charge is 0.0843 e. The van der Waals surface area contributed by atoms with Crippen LogP contribution in [0.15, 0.2) is 18.3 Å². The van der Waals surface area contributed by atoms with Crippen molar-refractivity contribution in [3.63, 3.8) is 0 Å². The predicted octanol–water partition coefficient (Wildman–Crippen LogP) is 1.35. The molecule has 0 aliphatic heterocycles. The third-order valence-electron chi connectivity index (χ3n) is 0.702. The first-order chi connectivity index (χ1) is 3.43. The summed E-state index contributed by atoms with van der Waals surface area (Å²) >= 11 is 0. The van der Waals surface area contributed by atoms with Crippen molar-refractivity contribution in [2.75, 3.05) is 0 Å². The number of aromatic nitrogens is 1. The minimum Gasteiger partial charge on any atom is -0.357 e. The molecule has 36 valence electrons. The molecule has 2 nitrogen and oxygen atoms in total. The van der Waals surface area contributed by atoms with Gasteiger partial charge in [-0.25, -0.2) is 0 Å². The Kier molecular flexibility index (Phi) is 1.23. The van der Waals surface area contributed by atoms with Gasteiger partial charge >= 0.3 is 0 Å². The number of hydrogen-bond acceptors (Lipinski definition) is 1. The maximum atomic E-state index is 6.80. The molecule has 0 aromatic carbocycles. The van der Waals surface area contributed by atoms with Gasteiger partial charge in [0.2, 0.25) is 0 Å². The fourth-order valence-corrected chi connectivity index (χ4v) is 0.690. The van der Waals surface area contributed by atoms with E-state index in [1.807, 2.05) is 18.3 Å². The van der Waals surface area contributed by atoms with Gasteiger partial charge in [-0.2, -0.15) is 0 Å². The van der Waals surface area contributed by atoms with Crippen LogP contribution in [0, 0.1) is 5.16 Å². The molecule has 1 rings (SSSR count). The van der Waals surface area contributed by atoms with Crippen LogP contribution >= 0.6 is 8.37 Å². The Morgan fingerprint density at radius 2 is 2.57 bits per heavy atom. The first-order valence-electron chi connectivity index (χ1n) is 1.94. The SMILES string of the molecule is N=Pc1ccc[nH]1. The Hall–Kier alpha value is -0.620. The van der Waals surface area contributed by atoms with Gasteiger partial charge in [0.25, 0.3) is 0 Å². The van der Waals surface area contributed by atoms with Crippen molar-refractivity contribution >= 4 is 13.8 Å². The van der Waals surface area contributed by atoms with E-state index >= 15 is 0 Å². The summed E-state index contributed by atoms with van der Waals surface area (Å²) in [5.41, 5.74) is 0.944. The van der Waals surface area contributed by atoms with E-state index in [4.69, 9.17) is 5.16 Å². The highest BCUT2D eigenvalue weighted by Crippen LogP contribution is 1.89. The third kappa shape index (κ3) is 0.875. The van der Waals surface area contributed by atoms with Gasteiger partial charge in [0, 0.05) is 6.20 Å². The minimum atomic E-state index is 0.559. The van der Waals surface area contributed by atoms with E-state index in [1.165, 1.54) is 0 Å². The summed E-state index contributed by atoms with van der Waals surface area (Å²) < 4.78 is 0. The van der Waals surface area contributed by atoms with Crippen LogP contribution in [0.1, 0.15) is 0 Å². The minimum absolute atomic E-state index is 0.559. The van der Waals surface area contributed by atoms with Crippen LogP contribution < -0.4 is 5.44 Å². The Balaban J connectivity index is 2.96. The van der Waals surface area contributed by atoms with Crippen LogP contribution in [0.2, 0.25) is 0 Å². The monoisotopic (exact) mass is 112 g/mol. The summed E-state index contributed by atoms with van der Waals surface area (Å²) in [4.78, 5) is 2.89. The predicted molar refractivity (Wildman–Crippen MR) is 30.1 cm³/mol. The molecule has 0 aliphatic rings. The zero-order chi connectivity index (χ0) is 5.11. The van der Waals surface area contributed by atoms with Crippen molar-refractivity contribution in [3.05, 3.63) is 18.3 Å². The molecule has 1 aromatic heterocycles. The normalized spacial score (nSPS) is 9.71. The maximum absolute atomic E-state index is 6.80. The van der Waals surface area contributed by atoms with Crippen LogP contribution in [-0.4, -0.2) is 4.98 Å². The molecule has 0 fully saturated rings. The summed E-state index contributed by atoms with van der Waals surface area (Å²) in [5.74, 6) is 0. The number of nitrogens with one attached hydrogen (secondary N) is 2. The van der Waals surface area contributed by atoms with Gasteiger partial charge in [-0.05, 0) is 12.1 Å². The topological polar surface area (TPSA) is 39.6 Å². The van der Waals surface area contributed by atoms with Gasteiger partial charge < -0.3 is 4.98 Å². The average molecular weight is 112 g/mol. The quantitative estimate of drug-likeness (QED) is 0.515. The largest absolute Gasteiger partial charge is 0.357 e. The standard InChI is InChI=1S/C4H5N2P/c5-7-4-2-1-3-6-4/h1-3,5-6H. The zero-order valence-corrected chi connectivity index (χ0v) is 4.57. The lowest BCUT2D eigenvalue weighted by Crippen LogP contribution is -1.85. The molecular weight excluding hydrogens is 107 g/mol. The molecule has 1 aromatic rings. The number of rotatable bonds is 1. The lowest BCUT2D eigenvalue weighted by atomic mass is 10.7. The molecule has 0 unspecified atom stereocenters. The van der Waals surface area contributed by atoms with E-state index in [1.54, 1.807) is 0 Å². The molecule has 3 heteroatoms. The van der Waals surface area contributed by atoms with Gasteiger partial charge in [0.05, 0.1) is 13.8 Å². The van der Waals surface area contributed by atoms with Crippen molar-refractivity contribution < 1.29 is 0 Å². The van der Waals surface area contributed by atoms with E-state index < -0.39 is 0 Å². The Bertz CT molecular complexity index is 145. The van der Waals surface area contributed by atoms with Gasteiger partial charge in [0.1, 0.15) is 0 Å². The first kappa shape index (κ1) is 4.54. The molecule has 0 radical (unpaired) electrons. The average Bonchev–Trinajstić information content (AvgIpc) is 2.14. The third-order valence-corrected chi connectivity index (χ3v) is 1.22. The van der Waals surface area contributed by atoms with Crippen LogP contribution in [0.25, 0.3) is 0 Å². The van der Waals surface area contributed by atoms with Crippen molar-refractivity contribution in [3.8, 4) is 0 Å². The number of aromatic amines is 1. The summed E-state index contributed by atoms with van der Waals surface area (Å²) in [6, 6.07) is 3.77. The molecule has 0 bridgehead atoms. The van der Waals surface area contributed by atoms with E-state index in [-0.39, 0.29) is 0 Å². The molecule has 0 atom stereocenters. The highest BCUT2D eigenvalue weighted by atomic mass is 31.1. The van der Waals surface area contributed by atoms with Gasteiger partial charge in [-0.3, -0.25) is 5.16 Å². The molecule has 0 saturated heterocycles. The second-order valence-electron chi connectivity index (χ2n) is 1.17. The lowest BCUT2D eigenvalue weighted by molar-refractivity contribution is 1.47. The highest BCUT2D eigenvalue weighted by Gasteiger charge is 1.79. The first-order valence-corrected chi connectivity index (χ1v) is 2.84. The van der Waals surface area contributed by atoms with Crippen molar-refractivity contribution in [1.29, 1.82) is 5.16 Å². The van der Waals surface area contributed by atoms with E-state index in [2.05, 4.69) is 4.98 Å². The van der Waals surface area contributed by atoms with Gasteiger partial charge in [-0.15, -0.1) is 0 Å². The Morgan fingerprint density at radius 3 is 2.86 bits per heavy atom. The summed E-state index contributed by atoms with van der Waals surface area (Å²) in [5, 5.41) is 6.80. The van der Waals surface area contributed by atoms with E-state index in [0.29, 0.717) is 8.37 Å². The summed E-state index contributed by atoms with van der Waals surface area (Å²) in [7, 11) is 0.559. The van der Waals surface area contributed by atoms with E-state index in [0.717, 1.165) is 5.44 Å². The van der Waals surface area contributed by atoms with Crippen molar-refractivity contribution in [2.24, 2.45) is 0 Å². The van der Waals surface area contributed by atoms with Crippen LogP contribution in [-0.2, 0) is 0 Å². The fourth-order valence-electron chi connectivity index (χ4n) is 0.390. The molecule has 0 amide bonds. The van der Waals surface area contributed by atoms with Crippen molar-refractivity contribution in [2.45, 2.75) is 0 Å².